The Hall–Kier alpha value is -1.09. The van der Waals surface area contributed by atoms with Crippen molar-refractivity contribution in [1.29, 1.82) is 0 Å². The fraction of sp³-hybridized carbons (Fsp3) is 0.300. The summed E-state index contributed by atoms with van der Waals surface area (Å²) >= 11 is 5.56. The number of hydrogen-bond donors (Lipinski definition) is 1. The molecule has 2 nitrogen and oxygen atoms in total. The van der Waals surface area contributed by atoms with Crippen LogP contribution in [0.3, 0.4) is 0 Å². The topological polar surface area (TPSA) is 24.9 Å². The molecule has 1 N–H and O–H groups in total. The van der Waals surface area contributed by atoms with Crippen molar-refractivity contribution < 1.29 is 4.39 Å². The highest BCUT2D eigenvalue weighted by Gasteiger charge is 2.02. The van der Waals surface area contributed by atoms with E-state index in [0.717, 1.165) is 0 Å². The second-order valence-electron chi connectivity index (χ2n) is 3.15. The van der Waals surface area contributed by atoms with Crippen LogP contribution in [0.5, 0.6) is 0 Å². The van der Waals surface area contributed by atoms with Crippen molar-refractivity contribution >= 4 is 17.4 Å². The van der Waals surface area contributed by atoms with Crippen LogP contribution in [0.4, 0.5) is 10.2 Å². The predicted octanol–water partition coefficient (Wildman–Crippen LogP) is 3.25. The van der Waals surface area contributed by atoms with Gasteiger partial charge in [0.1, 0.15) is 0 Å². The molecule has 1 aromatic rings. The largest absolute Gasteiger partial charge is 0.364 e. The van der Waals surface area contributed by atoms with E-state index in [1.807, 2.05) is 19.9 Å². The van der Waals surface area contributed by atoms with Gasteiger partial charge in [0, 0.05) is 12.7 Å². The summed E-state index contributed by atoms with van der Waals surface area (Å²) in [4.78, 5) is 3.83. The first-order valence-corrected chi connectivity index (χ1v) is 4.65. The van der Waals surface area contributed by atoms with Gasteiger partial charge in [-0.3, -0.25) is 0 Å². The molecule has 0 aliphatic carbocycles. The standard InChI is InChI=1S/C10H12ClFN2/c1-7(2)3-4-13-10-9(12)5-8(11)6-14-10/h3,5-6H,4H2,1-2H3,(H,13,14). The molecule has 76 valence electrons. The molecule has 1 rings (SSSR count). The lowest BCUT2D eigenvalue weighted by Crippen LogP contribution is -2.03. The SMILES string of the molecule is CC(C)=CCNc1ncc(Cl)cc1F. The van der Waals surface area contributed by atoms with Crippen molar-refractivity contribution in [2.24, 2.45) is 0 Å². The van der Waals surface area contributed by atoms with Crippen LogP contribution in [0.25, 0.3) is 0 Å². The molecule has 14 heavy (non-hydrogen) atoms. The molecule has 0 aliphatic rings. The molecule has 0 aromatic carbocycles. The number of pyridine rings is 1. The number of halogens is 2. The summed E-state index contributed by atoms with van der Waals surface area (Å²) in [6.07, 6.45) is 3.37. The molecule has 0 fully saturated rings. The van der Waals surface area contributed by atoms with Crippen LogP contribution in [0.2, 0.25) is 5.02 Å². The molecule has 0 bridgehead atoms. The van der Waals surface area contributed by atoms with Crippen molar-refractivity contribution in [1.82, 2.24) is 4.98 Å². The quantitative estimate of drug-likeness (QED) is 0.782. The van der Waals surface area contributed by atoms with Gasteiger partial charge >= 0.3 is 0 Å². The van der Waals surface area contributed by atoms with E-state index in [9.17, 15) is 4.39 Å². The van der Waals surface area contributed by atoms with Crippen LogP contribution >= 0.6 is 11.6 Å². The van der Waals surface area contributed by atoms with Gasteiger partial charge in [-0.05, 0) is 19.9 Å². The second kappa shape index (κ2) is 4.96. The van der Waals surface area contributed by atoms with Gasteiger partial charge < -0.3 is 5.32 Å². The Labute approximate surface area is 87.8 Å². The lowest BCUT2D eigenvalue weighted by atomic mass is 10.3. The van der Waals surface area contributed by atoms with Gasteiger partial charge in [0.2, 0.25) is 0 Å². The number of aromatic nitrogens is 1. The monoisotopic (exact) mass is 214 g/mol. The predicted molar refractivity (Wildman–Crippen MR) is 57.1 cm³/mol. The molecule has 0 unspecified atom stereocenters. The summed E-state index contributed by atoms with van der Waals surface area (Å²) < 4.78 is 13.1. The van der Waals surface area contributed by atoms with E-state index in [-0.39, 0.29) is 5.82 Å². The summed E-state index contributed by atoms with van der Waals surface area (Å²) in [5.74, 6) is -0.202. The zero-order valence-electron chi connectivity index (χ0n) is 8.14. The Kier molecular flexibility index (Phi) is 3.89. The maximum Gasteiger partial charge on any atom is 0.166 e. The highest BCUT2D eigenvalue weighted by Crippen LogP contribution is 2.15. The van der Waals surface area contributed by atoms with Gasteiger partial charge in [-0.15, -0.1) is 0 Å². The van der Waals surface area contributed by atoms with Crippen molar-refractivity contribution in [3.05, 3.63) is 34.8 Å². The molecule has 1 heterocycles. The summed E-state index contributed by atoms with van der Waals surface area (Å²) in [7, 11) is 0. The molecule has 4 heteroatoms. The van der Waals surface area contributed by atoms with Crippen LogP contribution in [0.15, 0.2) is 23.9 Å². The van der Waals surface area contributed by atoms with E-state index >= 15 is 0 Å². The molecule has 0 aliphatic heterocycles. The van der Waals surface area contributed by atoms with E-state index in [4.69, 9.17) is 11.6 Å². The van der Waals surface area contributed by atoms with Gasteiger partial charge in [0.15, 0.2) is 11.6 Å². The van der Waals surface area contributed by atoms with Crippen LogP contribution in [-0.4, -0.2) is 11.5 Å². The van der Waals surface area contributed by atoms with E-state index in [1.54, 1.807) is 0 Å². The molecule has 0 amide bonds. The first kappa shape index (κ1) is 11.0. The highest BCUT2D eigenvalue weighted by atomic mass is 35.5. The van der Waals surface area contributed by atoms with Crippen LogP contribution < -0.4 is 5.32 Å². The minimum Gasteiger partial charge on any atom is -0.364 e. The third-order valence-corrected chi connectivity index (χ3v) is 1.79. The molecule has 0 saturated heterocycles. The molecule has 0 saturated carbocycles. The number of nitrogens with one attached hydrogen (secondary N) is 1. The average Bonchev–Trinajstić information content (AvgIpc) is 2.08. The Morgan fingerprint density at radius 1 is 1.64 bits per heavy atom. The summed E-state index contributed by atoms with van der Waals surface area (Å²) in [6.45, 7) is 4.52. The van der Waals surface area contributed by atoms with Crippen LogP contribution in [-0.2, 0) is 0 Å². The maximum atomic E-state index is 13.1. The van der Waals surface area contributed by atoms with Crippen molar-refractivity contribution in [3.63, 3.8) is 0 Å². The van der Waals surface area contributed by atoms with Crippen LogP contribution in [0.1, 0.15) is 13.8 Å². The summed E-state index contributed by atoms with van der Waals surface area (Å²) in [6, 6.07) is 1.24. The lowest BCUT2D eigenvalue weighted by molar-refractivity contribution is 0.625. The minimum absolute atomic E-state index is 0.229. The second-order valence-corrected chi connectivity index (χ2v) is 3.58. The summed E-state index contributed by atoms with van der Waals surface area (Å²) in [5.41, 5.74) is 1.17. The van der Waals surface area contributed by atoms with Crippen molar-refractivity contribution in [2.45, 2.75) is 13.8 Å². The number of anilines is 1. The zero-order chi connectivity index (χ0) is 10.6. The van der Waals surface area contributed by atoms with Crippen molar-refractivity contribution in [2.75, 3.05) is 11.9 Å². The fourth-order valence-electron chi connectivity index (χ4n) is 0.896. The third-order valence-electron chi connectivity index (χ3n) is 1.59. The van der Waals surface area contributed by atoms with Gasteiger partial charge in [-0.1, -0.05) is 23.3 Å². The number of allylic oxidation sites excluding steroid dienone is 1. The molecule has 1 aromatic heterocycles. The molecule has 0 atom stereocenters. The third kappa shape index (κ3) is 3.34. The van der Waals surface area contributed by atoms with E-state index in [1.165, 1.54) is 17.8 Å². The maximum absolute atomic E-state index is 13.1. The van der Waals surface area contributed by atoms with Gasteiger partial charge in [0.25, 0.3) is 0 Å². The van der Waals surface area contributed by atoms with Gasteiger partial charge in [0.05, 0.1) is 5.02 Å². The zero-order valence-corrected chi connectivity index (χ0v) is 8.90. The molecular formula is C10H12ClFN2. The first-order valence-electron chi connectivity index (χ1n) is 4.28. The van der Waals surface area contributed by atoms with Gasteiger partial charge in [-0.2, -0.15) is 0 Å². The lowest BCUT2D eigenvalue weighted by Gasteiger charge is -2.03. The highest BCUT2D eigenvalue weighted by molar-refractivity contribution is 6.30. The Balaban J connectivity index is 2.64. The number of hydrogen-bond acceptors (Lipinski definition) is 2. The Morgan fingerprint density at radius 3 is 2.93 bits per heavy atom. The van der Waals surface area contributed by atoms with Gasteiger partial charge in [-0.25, -0.2) is 9.37 Å². The molecule has 0 radical (unpaired) electrons. The van der Waals surface area contributed by atoms with E-state index in [2.05, 4.69) is 10.3 Å². The van der Waals surface area contributed by atoms with Crippen LogP contribution in [0, 0.1) is 5.82 Å². The Morgan fingerprint density at radius 2 is 2.36 bits per heavy atom. The Bertz CT molecular complexity index is 346. The van der Waals surface area contributed by atoms with Crippen molar-refractivity contribution in [3.8, 4) is 0 Å². The normalized spacial score (nSPS) is 9.71. The fourth-order valence-corrected chi connectivity index (χ4v) is 1.04. The molecular weight excluding hydrogens is 203 g/mol. The van der Waals surface area contributed by atoms with E-state index < -0.39 is 5.82 Å². The average molecular weight is 215 g/mol. The smallest absolute Gasteiger partial charge is 0.166 e. The van der Waals surface area contributed by atoms with E-state index in [0.29, 0.717) is 11.6 Å². The summed E-state index contributed by atoms with van der Waals surface area (Å²) in [5, 5.41) is 3.15. The number of rotatable bonds is 3. The first-order chi connectivity index (χ1) is 6.59. The minimum atomic E-state index is -0.431. The number of nitrogens with zero attached hydrogens (tertiary/aromatic N) is 1. The molecule has 0 spiro atoms.